The molecule has 0 atom stereocenters. The van der Waals surface area contributed by atoms with Gasteiger partial charge in [0.2, 0.25) is 0 Å². The zero-order valence-electron chi connectivity index (χ0n) is 26.9. The minimum atomic E-state index is -4.58. The first kappa shape index (κ1) is 29.6. The van der Waals surface area contributed by atoms with Crippen LogP contribution in [0.5, 0.6) is 0 Å². The number of halogens is 3. The smallest absolute Gasteiger partial charge is 0.308 e. The average Bonchev–Trinajstić information content (AvgIpc) is 3.60. The molecule has 0 aliphatic carbocycles. The summed E-state index contributed by atoms with van der Waals surface area (Å²) in [6.45, 7) is 8.25. The molecule has 0 aliphatic heterocycles. The molecule has 0 amide bonds. The highest BCUT2D eigenvalue weighted by Crippen LogP contribution is 2.44. The van der Waals surface area contributed by atoms with Gasteiger partial charge in [-0.15, -0.1) is 0 Å². The molecule has 3 nitrogen and oxygen atoms in total. The van der Waals surface area contributed by atoms with Gasteiger partial charge in [0.05, 0.1) is 39.0 Å². The molecule has 0 bridgehead atoms. The molecule has 0 saturated heterocycles. The molecule has 0 fully saturated rings. The van der Waals surface area contributed by atoms with Gasteiger partial charge in [-0.25, -0.2) is 0 Å². The van der Waals surface area contributed by atoms with Crippen molar-refractivity contribution in [2.24, 2.45) is 0 Å². The number of nitriles is 1. The zero-order chi connectivity index (χ0) is 33.5. The molecular formula is C42H30F3N3. The Labute approximate surface area is 275 Å². The van der Waals surface area contributed by atoms with Crippen LogP contribution >= 0.6 is 0 Å². The van der Waals surface area contributed by atoms with E-state index in [2.05, 4.69) is 67.2 Å². The van der Waals surface area contributed by atoms with Crippen molar-refractivity contribution in [2.45, 2.75) is 33.9 Å². The van der Waals surface area contributed by atoms with Crippen LogP contribution in [0.15, 0.2) is 109 Å². The summed E-state index contributed by atoms with van der Waals surface area (Å²) in [6, 6.07) is 36.0. The fourth-order valence-electron chi connectivity index (χ4n) is 7.65. The van der Waals surface area contributed by atoms with Gasteiger partial charge >= 0.3 is 6.18 Å². The van der Waals surface area contributed by atoms with Crippen molar-refractivity contribution in [3.63, 3.8) is 0 Å². The summed E-state index contributed by atoms with van der Waals surface area (Å²) in [6.07, 6.45) is -4.58. The van der Waals surface area contributed by atoms with Crippen molar-refractivity contribution in [1.29, 1.82) is 5.26 Å². The van der Waals surface area contributed by atoms with Gasteiger partial charge in [-0.1, -0.05) is 66.7 Å². The Kier molecular flexibility index (Phi) is 6.54. The predicted molar refractivity (Wildman–Crippen MR) is 189 cm³/mol. The normalized spacial score (nSPS) is 12.0. The number of nitrogens with zero attached hydrogens (tertiary/aromatic N) is 3. The Morgan fingerprint density at radius 1 is 0.521 bits per heavy atom. The maximum Gasteiger partial charge on any atom is 0.417 e. The lowest BCUT2D eigenvalue weighted by Gasteiger charge is -2.20. The molecule has 8 aromatic rings. The first-order valence-electron chi connectivity index (χ1n) is 15.8. The number of alkyl halides is 3. The van der Waals surface area contributed by atoms with Gasteiger partial charge < -0.3 is 9.13 Å². The van der Waals surface area contributed by atoms with Crippen LogP contribution in [0, 0.1) is 39.0 Å². The lowest BCUT2D eigenvalue weighted by molar-refractivity contribution is -0.137. The van der Waals surface area contributed by atoms with Gasteiger partial charge in [-0.2, -0.15) is 18.4 Å². The van der Waals surface area contributed by atoms with Crippen LogP contribution in [0.4, 0.5) is 13.2 Å². The Morgan fingerprint density at radius 3 is 1.25 bits per heavy atom. The molecule has 0 saturated carbocycles. The Morgan fingerprint density at radius 2 is 0.896 bits per heavy atom. The van der Waals surface area contributed by atoms with Gasteiger partial charge in [0, 0.05) is 21.5 Å². The molecule has 48 heavy (non-hydrogen) atoms. The van der Waals surface area contributed by atoms with E-state index >= 15 is 0 Å². The quantitative estimate of drug-likeness (QED) is 0.191. The van der Waals surface area contributed by atoms with E-state index in [1.165, 1.54) is 12.1 Å². The van der Waals surface area contributed by atoms with Gasteiger partial charge in [-0.05, 0) is 104 Å². The molecule has 6 heteroatoms. The molecule has 0 N–H and O–H groups in total. The van der Waals surface area contributed by atoms with Gasteiger partial charge in [0.25, 0.3) is 0 Å². The molecule has 0 unspecified atom stereocenters. The Balaban J connectivity index is 1.61. The summed E-state index contributed by atoms with van der Waals surface area (Å²) in [4.78, 5) is 0. The maximum atomic E-state index is 14.6. The maximum absolute atomic E-state index is 14.6. The molecule has 0 aliphatic rings. The largest absolute Gasteiger partial charge is 0.417 e. The highest BCUT2D eigenvalue weighted by molar-refractivity contribution is 6.14. The SMILES string of the molecule is Cc1cccc2c1c1c(C)cccc1n2-c1cc(-c2ccccc2C(F)(F)F)cc(-n2c3cccc(C)c3c3c(C)cccc32)c1C#N. The van der Waals surface area contributed by atoms with E-state index in [9.17, 15) is 18.4 Å². The fraction of sp³-hybridized carbons (Fsp3) is 0.119. The van der Waals surface area contributed by atoms with Gasteiger partial charge in [0.1, 0.15) is 11.6 Å². The standard InChI is InChI=1S/C42H30F3N3/c1-24-11-7-17-32-38(24)39-25(2)12-8-18-33(39)47(32)36-21-28(29-15-5-6-16-31(29)42(43,44)45)22-37(30(36)23-46)48-34-19-9-13-26(3)40(34)41-27(4)14-10-20-35(41)48/h5-22H,1-4H3. The zero-order valence-corrected chi connectivity index (χ0v) is 26.9. The molecule has 2 aromatic heterocycles. The number of hydrogen-bond donors (Lipinski definition) is 0. The van der Waals surface area contributed by atoms with Crippen molar-refractivity contribution in [3.05, 3.63) is 143 Å². The molecule has 0 radical (unpaired) electrons. The number of aryl methyl sites for hydroxylation is 4. The third kappa shape index (κ3) is 4.21. The van der Waals surface area contributed by atoms with Gasteiger partial charge in [0.15, 0.2) is 0 Å². The first-order valence-corrected chi connectivity index (χ1v) is 15.8. The Bertz CT molecular complexity index is 2400. The molecule has 8 rings (SSSR count). The first-order chi connectivity index (χ1) is 23.1. The van der Waals surface area contributed by atoms with E-state index in [4.69, 9.17) is 0 Å². The van der Waals surface area contributed by atoms with E-state index in [-0.39, 0.29) is 5.56 Å². The average molecular weight is 634 g/mol. The summed E-state index contributed by atoms with van der Waals surface area (Å²) in [5.41, 5.74) is 8.97. The number of benzene rings is 6. The minimum Gasteiger partial charge on any atom is -0.308 e. The highest BCUT2D eigenvalue weighted by atomic mass is 19.4. The second kappa shape index (κ2) is 10.6. The third-order valence-corrected chi connectivity index (χ3v) is 9.70. The summed E-state index contributed by atoms with van der Waals surface area (Å²) >= 11 is 0. The molecular weight excluding hydrogens is 603 g/mol. The van der Waals surface area contributed by atoms with Crippen LogP contribution in [0.1, 0.15) is 33.4 Å². The van der Waals surface area contributed by atoms with Crippen molar-refractivity contribution in [3.8, 4) is 28.6 Å². The van der Waals surface area contributed by atoms with Gasteiger partial charge in [-0.3, -0.25) is 0 Å². The van der Waals surface area contributed by atoms with E-state index < -0.39 is 11.7 Å². The van der Waals surface area contributed by atoms with E-state index in [1.807, 2.05) is 48.5 Å². The summed E-state index contributed by atoms with van der Waals surface area (Å²) in [5.74, 6) is 0. The van der Waals surface area contributed by atoms with Crippen LogP contribution < -0.4 is 0 Å². The topological polar surface area (TPSA) is 33.6 Å². The molecule has 0 spiro atoms. The van der Waals surface area contributed by atoms with Crippen LogP contribution in [0.3, 0.4) is 0 Å². The second-order valence-corrected chi connectivity index (χ2v) is 12.6. The van der Waals surface area contributed by atoms with E-state index in [0.717, 1.165) is 71.9 Å². The lowest BCUT2D eigenvalue weighted by Crippen LogP contribution is -2.09. The predicted octanol–water partition coefficient (Wildman–Crippen LogP) is 11.7. The monoisotopic (exact) mass is 633 g/mol. The third-order valence-electron chi connectivity index (χ3n) is 9.70. The van der Waals surface area contributed by atoms with Crippen molar-refractivity contribution in [1.82, 2.24) is 9.13 Å². The van der Waals surface area contributed by atoms with Crippen molar-refractivity contribution >= 4 is 43.6 Å². The van der Waals surface area contributed by atoms with Crippen LogP contribution in [0.25, 0.3) is 66.1 Å². The number of rotatable bonds is 3. The second-order valence-electron chi connectivity index (χ2n) is 12.6. The number of fused-ring (bicyclic) bond motifs is 6. The highest BCUT2D eigenvalue weighted by Gasteiger charge is 2.34. The summed E-state index contributed by atoms with van der Waals surface area (Å²) < 4.78 is 47.8. The minimum absolute atomic E-state index is 0.0539. The number of hydrogen-bond acceptors (Lipinski definition) is 1. The van der Waals surface area contributed by atoms with E-state index in [1.54, 1.807) is 18.2 Å². The van der Waals surface area contributed by atoms with Crippen molar-refractivity contribution in [2.75, 3.05) is 0 Å². The summed E-state index contributed by atoms with van der Waals surface area (Å²) in [7, 11) is 0. The summed E-state index contributed by atoms with van der Waals surface area (Å²) in [5, 5.41) is 15.3. The number of aromatic nitrogens is 2. The van der Waals surface area contributed by atoms with E-state index in [0.29, 0.717) is 22.5 Å². The van der Waals surface area contributed by atoms with Crippen LogP contribution in [-0.2, 0) is 6.18 Å². The van der Waals surface area contributed by atoms with Crippen LogP contribution in [0.2, 0.25) is 0 Å². The molecule has 234 valence electrons. The fourth-order valence-corrected chi connectivity index (χ4v) is 7.65. The molecule has 6 aromatic carbocycles. The Hall–Kier alpha value is -5.80. The van der Waals surface area contributed by atoms with Crippen LogP contribution in [-0.4, -0.2) is 9.13 Å². The van der Waals surface area contributed by atoms with Crippen molar-refractivity contribution < 1.29 is 13.2 Å². The lowest BCUT2D eigenvalue weighted by atomic mass is 9.96. The molecule has 2 heterocycles.